The van der Waals surface area contributed by atoms with E-state index in [9.17, 15) is 5.11 Å². The molecule has 4 rings (SSSR count). The molecule has 0 bridgehead atoms. The fourth-order valence-electron chi connectivity index (χ4n) is 2.37. The molecular formula is C16H12N4O. The zero-order chi connectivity index (χ0) is 14.2. The van der Waals surface area contributed by atoms with Crippen molar-refractivity contribution in [3.63, 3.8) is 0 Å². The maximum Gasteiger partial charge on any atom is 0.137 e. The fraction of sp³-hybridized carbons (Fsp3) is 0. The van der Waals surface area contributed by atoms with Crippen LogP contribution in [0.15, 0.2) is 61.3 Å². The van der Waals surface area contributed by atoms with E-state index in [1.165, 1.54) is 0 Å². The summed E-state index contributed by atoms with van der Waals surface area (Å²) in [4.78, 5) is 11.8. The van der Waals surface area contributed by atoms with Gasteiger partial charge in [-0.1, -0.05) is 0 Å². The average molecular weight is 276 g/mol. The Morgan fingerprint density at radius 1 is 1.10 bits per heavy atom. The number of aromatic hydroxyl groups is 1. The van der Waals surface area contributed by atoms with Crippen molar-refractivity contribution in [3.05, 3.63) is 61.3 Å². The quantitative estimate of drug-likeness (QED) is 0.591. The van der Waals surface area contributed by atoms with Crippen molar-refractivity contribution in [1.82, 2.24) is 19.5 Å². The first-order valence-corrected chi connectivity index (χ1v) is 6.56. The van der Waals surface area contributed by atoms with Gasteiger partial charge in [0.05, 0.1) is 0 Å². The first-order valence-electron chi connectivity index (χ1n) is 6.56. The highest BCUT2D eigenvalue weighted by Gasteiger charge is 2.05. The van der Waals surface area contributed by atoms with E-state index in [4.69, 9.17) is 0 Å². The van der Waals surface area contributed by atoms with Crippen LogP contribution in [0.25, 0.3) is 28.0 Å². The van der Waals surface area contributed by atoms with Crippen LogP contribution < -0.4 is 0 Å². The molecule has 0 aliphatic rings. The lowest BCUT2D eigenvalue weighted by Gasteiger charge is -2.02. The number of pyridine rings is 1. The third-order valence-electron chi connectivity index (χ3n) is 3.43. The van der Waals surface area contributed by atoms with Crippen molar-refractivity contribution in [2.24, 2.45) is 0 Å². The number of phenolic OH excluding ortho intramolecular Hbond substituents is 1. The second-order valence-corrected chi connectivity index (χ2v) is 4.83. The van der Waals surface area contributed by atoms with E-state index in [0.717, 1.165) is 28.0 Å². The summed E-state index contributed by atoms with van der Waals surface area (Å²) in [6.45, 7) is 0. The molecule has 5 heteroatoms. The van der Waals surface area contributed by atoms with Crippen LogP contribution in [0, 0.1) is 0 Å². The summed E-state index contributed by atoms with van der Waals surface area (Å²) >= 11 is 0. The zero-order valence-electron chi connectivity index (χ0n) is 11.1. The fourth-order valence-corrected chi connectivity index (χ4v) is 2.37. The normalized spacial score (nSPS) is 11.0. The number of nitrogens with zero attached hydrogens (tertiary/aromatic N) is 3. The second-order valence-electron chi connectivity index (χ2n) is 4.83. The predicted molar refractivity (Wildman–Crippen MR) is 80.3 cm³/mol. The highest BCUT2D eigenvalue weighted by Crippen LogP contribution is 2.26. The van der Waals surface area contributed by atoms with Gasteiger partial charge in [0.1, 0.15) is 17.9 Å². The van der Waals surface area contributed by atoms with Crippen LogP contribution in [-0.4, -0.2) is 24.6 Å². The first-order chi connectivity index (χ1) is 10.3. The summed E-state index contributed by atoms with van der Waals surface area (Å²) in [6, 6.07) is 11.2. The Labute approximate surface area is 120 Å². The Bertz CT molecular complexity index is 892. The first kappa shape index (κ1) is 11.7. The van der Waals surface area contributed by atoms with Gasteiger partial charge in [0.2, 0.25) is 0 Å². The van der Waals surface area contributed by atoms with Gasteiger partial charge in [0.15, 0.2) is 0 Å². The monoisotopic (exact) mass is 276 g/mol. The second kappa shape index (κ2) is 4.49. The van der Waals surface area contributed by atoms with E-state index >= 15 is 0 Å². The van der Waals surface area contributed by atoms with Gasteiger partial charge in [-0.2, -0.15) is 0 Å². The number of hydrogen-bond acceptors (Lipinski definition) is 3. The number of imidazole rings is 1. The summed E-state index contributed by atoms with van der Waals surface area (Å²) in [5.74, 6) is 1.09. The number of benzene rings is 1. The molecule has 0 saturated heterocycles. The van der Waals surface area contributed by atoms with Crippen LogP contribution >= 0.6 is 0 Å². The summed E-state index contributed by atoms with van der Waals surface area (Å²) in [5.41, 5.74) is 2.95. The molecular weight excluding hydrogens is 264 g/mol. The Morgan fingerprint density at radius 3 is 2.81 bits per heavy atom. The number of aromatic amines is 1. The molecule has 0 amide bonds. The summed E-state index contributed by atoms with van der Waals surface area (Å²) < 4.78 is 1.85. The van der Waals surface area contributed by atoms with Crippen LogP contribution in [0.3, 0.4) is 0 Å². The molecule has 0 fully saturated rings. The molecule has 0 atom stereocenters. The van der Waals surface area contributed by atoms with Gasteiger partial charge in [-0.05, 0) is 36.4 Å². The minimum absolute atomic E-state index is 0.265. The molecule has 21 heavy (non-hydrogen) atoms. The van der Waals surface area contributed by atoms with Crippen LogP contribution in [0.1, 0.15) is 0 Å². The Hall–Kier alpha value is -3.08. The van der Waals surface area contributed by atoms with Crippen molar-refractivity contribution in [1.29, 1.82) is 0 Å². The maximum absolute atomic E-state index is 9.52. The molecule has 0 saturated carbocycles. The van der Waals surface area contributed by atoms with E-state index in [0.29, 0.717) is 0 Å². The maximum atomic E-state index is 9.52. The molecule has 2 N–H and O–H groups in total. The zero-order valence-corrected chi connectivity index (χ0v) is 11.1. The van der Waals surface area contributed by atoms with E-state index in [2.05, 4.69) is 15.0 Å². The molecule has 3 aromatic heterocycles. The van der Waals surface area contributed by atoms with Gasteiger partial charge in [-0.25, -0.2) is 9.97 Å². The van der Waals surface area contributed by atoms with Gasteiger partial charge >= 0.3 is 0 Å². The number of H-pyrrole nitrogens is 1. The topological polar surface area (TPSA) is 66.7 Å². The van der Waals surface area contributed by atoms with Gasteiger partial charge in [0, 0.05) is 40.8 Å². The van der Waals surface area contributed by atoms with Gasteiger partial charge in [-0.3, -0.25) is 4.57 Å². The third-order valence-corrected chi connectivity index (χ3v) is 3.43. The van der Waals surface area contributed by atoms with E-state index in [-0.39, 0.29) is 5.75 Å². The van der Waals surface area contributed by atoms with Gasteiger partial charge in [-0.15, -0.1) is 0 Å². The molecule has 102 valence electrons. The predicted octanol–water partition coefficient (Wildman–Crippen LogP) is 3.12. The van der Waals surface area contributed by atoms with Crippen molar-refractivity contribution < 1.29 is 5.11 Å². The molecule has 1 aromatic carbocycles. The minimum atomic E-state index is 0.265. The number of hydrogen-bond donors (Lipinski definition) is 2. The molecule has 4 aromatic rings. The summed E-state index contributed by atoms with van der Waals surface area (Å²) in [6.07, 6.45) is 7.11. The number of nitrogens with one attached hydrogen (secondary N) is 1. The largest absolute Gasteiger partial charge is 0.508 e. The van der Waals surface area contributed by atoms with Crippen molar-refractivity contribution >= 4 is 10.9 Å². The van der Waals surface area contributed by atoms with E-state index in [1.54, 1.807) is 24.7 Å². The molecule has 0 aliphatic carbocycles. The number of aromatic nitrogens is 4. The molecule has 0 unspecified atom stereocenters. The summed E-state index contributed by atoms with van der Waals surface area (Å²) in [7, 11) is 0. The van der Waals surface area contributed by atoms with Crippen LogP contribution in [0.2, 0.25) is 0 Å². The highest BCUT2D eigenvalue weighted by atomic mass is 16.3. The molecule has 0 spiro atoms. The molecule has 5 nitrogen and oxygen atoms in total. The summed E-state index contributed by atoms with van der Waals surface area (Å²) in [5, 5.41) is 10.5. The molecule has 0 radical (unpaired) electrons. The number of phenols is 1. The Kier molecular flexibility index (Phi) is 2.50. The van der Waals surface area contributed by atoms with Gasteiger partial charge < -0.3 is 10.1 Å². The Balaban J connectivity index is 1.74. The van der Waals surface area contributed by atoms with Gasteiger partial charge in [0.25, 0.3) is 0 Å². The Morgan fingerprint density at radius 2 is 2.05 bits per heavy atom. The van der Waals surface area contributed by atoms with Crippen LogP contribution in [0.5, 0.6) is 5.75 Å². The van der Waals surface area contributed by atoms with E-state index in [1.807, 2.05) is 41.2 Å². The van der Waals surface area contributed by atoms with Crippen molar-refractivity contribution in [2.75, 3.05) is 0 Å². The van der Waals surface area contributed by atoms with Crippen molar-refractivity contribution in [2.45, 2.75) is 0 Å². The third kappa shape index (κ3) is 2.04. The van der Waals surface area contributed by atoms with Crippen LogP contribution in [0.4, 0.5) is 0 Å². The van der Waals surface area contributed by atoms with Crippen LogP contribution in [-0.2, 0) is 0 Å². The highest BCUT2D eigenvalue weighted by molar-refractivity contribution is 5.86. The minimum Gasteiger partial charge on any atom is -0.508 e. The van der Waals surface area contributed by atoms with E-state index < -0.39 is 0 Å². The smallest absolute Gasteiger partial charge is 0.137 e. The molecule has 3 heterocycles. The average Bonchev–Trinajstić information content (AvgIpc) is 3.16. The van der Waals surface area contributed by atoms with Crippen molar-refractivity contribution in [3.8, 4) is 22.8 Å². The number of fused-ring (bicyclic) bond motifs is 1. The lowest BCUT2D eigenvalue weighted by Crippen LogP contribution is -1.93. The standard InChI is InChI=1S/C16H12N4O/c21-13-2-3-14-12(7-13)8-15(19-14)11-1-4-16(18-9-11)20-6-5-17-10-20/h1-10,19,21H. The lowest BCUT2D eigenvalue weighted by atomic mass is 10.2. The SMILES string of the molecule is Oc1ccc2[nH]c(-c3ccc(-n4ccnc4)nc3)cc2c1. The molecule has 0 aliphatic heterocycles. The number of rotatable bonds is 2. The lowest BCUT2D eigenvalue weighted by molar-refractivity contribution is 0.476.